The zero-order valence-electron chi connectivity index (χ0n) is 45.4. The van der Waals surface area contributed by atoms with Crippen molar-refractivity contribution in [2.24, 2.45) is 0 Å². The van der Waals surface area contributed by atoms with Crippen LogP contribution in [0.5, 0.6) is 34.5 Å². The second-order valence-electron chi connectivity index (χ2n) is 19.4. The van der Waals surface area contributed by atoms with Gasteiger partial charge in [0.05, 0.1) is 30.9 Å². The van der Waals surface area contributed by atoms with Crippen molar-refractivity contribution in [1.82, 2.24) is 0 Å². The van der Waals surface area contributed by atoms with Crippen molar-refractivity contribution in [2.45, 2.75) is 64.7 Å². The number of ketones is 6. The maximum atomic E-state index is 12.2. The highest BCUT2D eigenvalue weighted by atomic mass is 35.5. The van der Waals surface area contributed by atoms with E-state index in [1.54, 1.807) is 48.5 Å². The zero-order valence-corrected chi connectivity index (χ0v) is 46.1. The Kier molecular flexibility index (Phi) is 23.1. The number of para-hydroxylation sites is 3. The molecule has 0 fully saturated rings. The Bertz CT molecular complexity index is 3390. The van der Waals surface area contributed by atoms with Crippen LogP contribution in [0.1, 0.15) is 63.8 Å². The summed E-state index contributed by atoms with van der Waals surface area (Å²) in [5, 5.41) is 9.42. The van der Waals surface area contributed by atoms with Gasteiger partial charge in [-0.05, 0) is 137 Å². The second-order valence-corrected chi connectivity index (χ2v) is 19.9. The van der Waals surface area contributed by atoms with Crippen LogP contribution in [0.15, 0.2) is 237 Å². The van der Waals surface area contributed by atoms with E-state index < -0.39 is 0 Å². The van der Waals surface area contributed by atoms with Crippen molar-refractivity contribution in [1.29, 1.82) is 5.26 Å². The molecule has 0 aliphatic carbocycles. The van der Waals surface area contributed by atoms with E-state index in [2.05, 4.69) is 0 Å². The van der Waals surface area contributed by atoms with E-state index in [4.69, 9.17) is 31.1 Å². The van der Waals surface area contributed by atoms with Crippen molar-refractivity contribution in [3.05, 3.63) is 286 Å². The monoisotopic (exact) mass is 1110 g/mol. The molecule has 0 aliphatic heterocycles. The molecule has 0 aliphatic rings. The molecule has 9 aromatic rings. The summed E-state index contributed by atoms with van der Waals surface area (Å²) in [4.78, 5) is 72.9. The molecule has 11 heteroatoms. The highest BCUT2D eigenvalue weighted by Gasteiger charge is 2.15. The normalized spacial score (nSPS) is 10.3. The number of carbonyl (C=O) groups excluding carboxylic acids is 6. The Balaban J connectivity index is 0.000000177. The molecule has 0 saturated carbocycles. The first-order valence-corrected chi connectivity index (χ1v) is 27.0. The van der Waals surface area contributed by atoms with Gasteiger partial charge in [-0.3, -0.25) is 28.8 Å². The van der Waals surface area contributed by atoms with Crippen LogP contribution in [0.25, 0.3) is 0 Å². The third kappa shape index (κ3) is 21.8. The smallest absolute Gasteiger partial charge is 0.144 e. The molecule has 10 nitrogen and oxygen atoms in total. The lowest BCUT2D eigenvalue weighted by atomic mass is 10.0. The molecular weight excluding hydrogens is 1050 g/mol. The van der Waals surface area contributed by atoms with Gasteiger partial charge in [0.1, 0.15) is 69.2 Å². The fourth-order valence-corrected chi connectivity index (χ4v) is 8.43. The van der Waals surface area contributed by atoms with Gasteiger partial charge >= 0.3 is 0 Å². The van der Waals surface area contributed by atoms with Crippen molar-refractivity contribution in [3.63, 3.8) is 0 Å². The van der Waals surface area contributed by atoms with Crippen LogP contribution >= 0.6 is 11.6 Å². The maximum absolute atomic E-state index is 12.2. The molecule has 0 spiro atoms. The maximum Gasteiger partial charge on any atom is 0.144 e. The molecule has 0 atom stereocenters. The number of hydrogen-bond donors (Lipinski definition) is 0. The second kappa shape index (κ2) is 31.7. The molecule has 9 rings (SSSR count). The molecule has 0 aromatic heterocycles. The minimum Gasteiger partial charge on any atom is -0.457 e. The molecule has 0 saturated heterocycles. The van der Waals surface area contributed by atoms with Gasteiger partial charge in [0, 0.05) is 43.5 Å². The molecule has 0 heterocycles. The Morgan fingerprint density at radius 1 is 0.317 bits per heavy atom. The number of carbonyl (C=O) groups is 6. The van der Waals surface area contributed by atoms with Gasteiger partial charge in [-0.1, -0.05) is 157 Å². The van der Waals surface area contributed by atoms with E-state index in [-0.39, 0.29) is 86.1 Å². The number of nitrogens with zero attached hydrogens (tertiary/aromatic N) is 1. The van der Waals surface area contributed by atoms with Crippen molar-refractivity contribution < 1.29 is 43.0 Å². The zero-order chi connectivity index (χ0) is 57.9. The lowest BCUT2D eigenvalue weighted by Gasteiger charge is -2.07. The lowest BCUT2D eigenvalue weighted by Crippen LogP contribution is -2.12. The van der Waals surface area contributed by atoms with Crippen LogP contribution in [0.2, 0.25) is 5.02 Å². The van der Waals surface area contributed by atoms with E-state index in [1.165, 1.54) is 0 Å². The van der Waals surface area contributed by atoms with Gasteiger partial charge in [0.25, 0.3) is 0 Å². The third-order valence-corrected chi connectivity index (χ3v) is 12.7. The van der Waals surface area contributed by atoms with Gasteiger partial charge in [-0.15, -0.1) is 0 Å². The summed E-state index contributed by atoms with van der Waals surface area (Å²) in [6, 6.07) is 74.3. The van der Waals surface area contributed by atoms with Crippen LogP contribution in [0.3, 0.4) is 0 Å². The topological polar surface area (TPSA) is 154 Å². The Morgan fingerprint density at radius 3 is 0.793 bits per heavy atom. The molecular formula is C71H60ClNO9. The summed E-state index contributed by atoms with van der Waals surface area (Å²) in [7, 11) is 0. The first kappa shape index (κ1) is 59.8. The predicted molar refractivity (Wildman–Crippen MR) is 319 cm³/mol. The summed E-state index contributed by atoms with van der Waals surface area (Å²) in [6.45, 7) is 2.01. The highest BCUT2D eigenvalue weighted by Crippen LogP contribution is 2.25. The van der Waals surface area contributed by atoms with E-state index in [0.717, 1.165) is 56.2 Å². The standard InChI is InChI=1S/C24H19NO3.C24H22O3.C23H19ClO3/c25-17-20-8-6-18(7-9-20)14-21(26)16-22(27)15-19-10-12-24(13-11-19)28-23-4-2-1-3-5-23;1-18-7-9-19(10-8-18)15-21(25)17-22(26)16-20-11-13-24(14-12-20)27-23-5-3-2-4-6-23;24-19-10-6-17(7-11-19)14-20(25)16-21(26)15-18-8-12-23(13-9-18)27-22-4-2-1-3-5-22/h1-13H,14-16H2;2-14H,15-17H2,1H3;1-13H,14-16H2. The van der Waals surface area contributed by atoms with Gasteiger partial charge in [-0.2, -0.15) is 5.26 Å². The number of hydrogen-bond acceptors (Lipinski definition) is 10. The largest absolute Gasteiger partial charge is 0.457 e. The first-order valence-electron chi connectivity index (χ1n) is 26.6. The Morgan fingerprint density at radius 2 is 0.537 bits per heavy atom. The van der Waals surface area contributed by atoms with Crippen LogP contribution in [0.4, 0.5) is 0 Å². The van der Waals surface area contributed by atoms with Crippen LogP contribution in [-0.2, 0) is 67.3 Å². The van der Waals surface area contributed by atoms with E-state index in [9.17, 15) is 28.8 Å². The number of benzene rings is 9. The molecule has 82 heavy (non-hydrogen) atoms. The highest BCUT2D eigenvalue weighted by molar-refractivity contribution is 6.30. The summed E-state index contributed by atoms with van der Waals surface area (Å²) >= 11 is 5.83. The van der Waals surface area contributed by atoms with Crippen molar-refractivity contribution in [3.8, 4) is 40.6 Å². The number of aryl methyl sites for hydroxylation is 1. The van der Waals surface area contributed by atoms with E-state index in [0.29, 0.717) is 34.3 Å². The van der Waals surface area contributed by atoms with Crippen molar-refractivity contribution >= 4 is 46.3 Å². The van der Waals surface area contributed by atoms with Crippen LogP contribution < -0.4 is 14.2 Å². The number of halogens is 1. The minimum absolute atomic E-state index is 0.0316. The van der Waals surface area contributed by atoms with Gasteiger partial charge in [0.2, 0.25) is 0 Å². The van der Waals surface area contributed by atoms with E-state index >= 15 is 0 Å². The van der Waals surface area contributed by atoms with Gasteiger partial charge in [0.15, 0.2) is 0 Å². The van der Waals surface area contributed by atoms with Gasteiger partial charge in [-0.25, -0.2) is 0 Å². The SMILES string of the molecule is Cc1ccc(CC(=O)CC(=O)Cc2ccc(Oc3ccccc3)cc2)cc1.N#Cc1ccc(CC(=O)CC(=O)Cc2ccc(Oc3ccccc3)cc2)cc1.O=C(CC(=O)Cc1ccc(Oc2ccccc2)cc1)Cc1ccc(Cl)cc1. The number of ether oxygens (including phenoxy) is 3. The number of Topliss-reactive ketones (excluding diaryl/α,β-unsaturated/α-hetero) is 6. The fraction of sp³-hybridized carbons (Fsp3) is 0.141. The lowest BCUT2D eigenvalue weighted by molar-refractivity contribution is -0.127. The average Bonchev–Trinajstić information content (AvgIpc) is 3.51. The Hall–Kier alpha value is -9.82. The molecule has 410 valence electrons. The molecule has 0 radical (unpaired) electrons. The minimum atomic E-state index is -0.126. The van der Waals surface area contributed by atoms with Crippen LogP contribution in [0, 0.1) is 18.3 Å². The average molecular weight is 1110 g/mol. The summed E-state index contributed by atoms with van der Waals surface area (Å²) in [5.41, 5.74) is 6.90. The summed E-state index contributed by atoms with van der Waals surface area (Å²) in [6.07, 6.45) is 1.25. The molecule has 0 amide bonds. The molecule has 0 bridgehead atoms. The summed E-state index contributed by atoms with van der Waals surface area (Å²) in [5.74, 6) is 3.85. The quantitative estimate of drug-likeness (QED) is 0.0534. The van der Waals surface area contributed by atoms with Crippen molar-refractivity contribution in [2.75, 3.05) is 0 Å². The molecule has 0 unspecified atom stereocenters. The first-order chi connectivity index (χ1) is 39.8. The third-order valence-electron chi connectivity index (χ3n) is 12.4. The number of rotatable bonds is 24. The molecule has 0 N–H and O–H groups in total. The van der Waals surface area contributed by atoms with Gasteiger partial charge < -0.3 is 14.2 Å². The fourth-order valence-electron chi connectivity index (χ4n) is 8.31. The molecule has 9 aromatic carbocycles. The predicted octanol–water partition coefficient (Wildman–Crippen LogP) is 15.2. The van der Waals surface area contributed by atoms with Crippen LogP contribution in [-0.4, -0.2) is 34.7 Å². The number of nitriles is 1. The Labute approximate surface area is 483 Å². The summed E-state index contributed by atoms with van der Waals surface area (Å²) < 4.78 is 17.2. The van der Waals surface area contributed by atoms with E-state index in [1.807, 2.05) is 201 Å².